The smallest absolute Gasteiger partial charge is 0.258 e. The Balaban J connectivity index is 1.77. The van der Waals surface area contributed by atoms with Crippen LogP contribution in [-0.4, -0.2) is 21.3 Å². The van der Waals surface area contributed by atoms with E-state index in [0.717, 1.165) is 18.4 Å². The minimum atomic E-state index is -0.148. The second kappa shape index (κ2) is 5.69. The molecule has 21 heavy (non-hydrogen) atoms. The largest absolute Gasteiger partial charge is 0.382 e. The number of amides is 1. The molecule has 1 saturated carbocycles. The van der Waals surface area contributed by atoms with Gasteiger partial charge in [-0.1, -0.05) is 6.07 Å². The van der Waals surface area contributed by atoms with Gasteiger partial charge in [0.05, 0.1) is 6.04 Å². The Morgan fingerprint density at radius 1 is 1.52 bits per heavy atom. The first kappa shape index (κ1) is 13.8. The van der Waals surface area contributed by atoms with Gasteiger partial charge in [0.25, 0.3) is 5.91 Å². The summed E-state index contributed by atoms with van der Waals surface area (Å²) in [5.74, 6) is 0.128. The fraction of sp³-hybridized carbons (Fsp3) is 0.357. The quantitative estimate of drug-likeness (QED) is 0.787. The average molecular weight is 303 g/mol. The predicted molar refractivity (Wildman–Crippen MR) is 83.3 cm³/mol. The van der Waals surface area contributed by atoms with E-state index in [2.05, 4.69) is 20.0 Å². The normalized spacial score (nSPS) is 15.5. The summed E-state index contributed by atoms with van der Waals surface area (Å²) in [4.78, 5) is 16.3. The summed E-state index contributed by atoms with van der Waals surface area (Å²) < 4.78 is 4.09. The van der Waals surface area contributed by atoms with E-state index in [1.807, 2.05) is 19.1 Å². The van der Waals surface area contributed by atoms with Gasteiger partial charge in [0, 0.05) is 18.4 Å². The SMILES string of the molecule is CC(Nc1snc(N)c1C(=O)NC1CC1)c1cccnc1. The number of hydrogen-bond donors (Lipinski definition) is 3. The maximum absolute atomic E-state index is 12.2. The molecule has 0 aliphatic heterocycles. The maximum Gasteiger partial charge on any atom is 0.258 e. The van der Waals surface area contributed by atoms with Crippen LogP contribution in [0, 0.1) is 0 Å². The average Bonchev–Trinajstić information content (AvgIpc) is 3.22. The highest BCUT2D eigenvalue weighted by Crippen LogP contribution is 2.31. The summed E-state index contributed by atoms with van der Waals surface area (Å²) in [6.45, 7) is 2.01. The molecule has 6 nitrogen and oxygen atoms in total. The molecule has 1 aliphatic carbocycles. The lowest BCUT2D eigenvalue weighted by Crippen LogP contribution is -2.26. The van der Waals surface area contributed by atoms with Crippen molar-refractivity contribution in [3.05, 3.63) is 35.7 Å². The molecule has 110 valence electrons. The fourth-order valence-electron chi connectivity index (χ4n) is 2.02. The van der Waals surface area contributed by atoms with E-state index in [0.29, 0.717) is 16.6 Å². The molecule has 2 heterocycles. The zero-order valence-corrected chi connectivity index (χ0v) is 12.5. The Labute approximate surface area is 126 Å². The Hall–Kier alpha value is -2.15. The van der Waals surface area contributed by atoms with Crippen LogP contribution >= 0.6 is 11.5 Å². The van der Waals surface area contributed by atoms with Gasteiger partial charge < -0.3 is 16.4 Å². The van der Waals surface area contributed by atoms with Crippen LogP contribution in [0.25, 0.3) is 0 Å². The van der Waals surface area contributed by atoms with Crippen LogP contribution in [0.15, 0.2) is 24.5 Å². The molecule has 2 aromatic heterocycles. The van der Waals surface area contributed by atoms with Crippen molar-refractivity contribution in [1.29, 1.82) is 0 Å². The first-order valence-corrected chi connectivity index (χ1v) is 7.65. The molecular weight excluding hydrogens is 286 g/mol. The van der Waals surface area contributed by atoms with Crippen molar-refractivity contribution >= 4 is 28.3 Å². The number of carbonyl (C=O) groups is 1. The van der Waals surface area contributed by atoms with Gasteiger partial charge in [0.2, 0.25) is 0 Å². The number of nitrogens with zero attached hydrogens (tertiary/aromatic N) is 2. The summed E-state index contributed by atoms with van der Waals surface area (Å²) in [6.07, 6.45) is 5.61. The number of nitrogens with one attached hydrogen (secondary N) is 2. The number of carbonyl (C=O) groups excluding carboxylic acids is 1. The summed E-state index contributed by atoms with van der Waals surface area (Å²) in [5.41, 5.74) is 7.33. The van der Waals surface area contributed by atoms with Crippen LogP contribution < -0.4 is 16.4 Å². The van der Waals surface area contributed by atoms with Crippen LogP contribution in [0.1, 0.15) is 41.7 Å². The van der Waals surface area contributed by atoms with E-state index in [4.69, 9.17) is 5.73 Å². The monoisotopic (exact) mass is 303 g/mol. The van der Waals surface area contributed by atoms with E-state index in [9.17, 15) is 4.79 Å². The van der Waals surface area contributed by atoms with Crippen molar-refractivity contribution < 1.29 is 4.79 Å². The lowest BCUT2D eigenvalue weighted by Gasteiger charge is -2.14. The molecule has 1 unspecified atom stereocenters. The van der Waals surface area contributed by atoms with Gasteiger partial charge in [0.1, 0.15) is 10.6 Å². The van der Waals surface area contributed by atoms with Gasteiger partial charge in [-0.25, -0.2) is 0 Å². The van der Waals surface area contributed by atoms with Crippen LogP contribution in [0.5, 0.6) is 0 Å². The van der Waals surface area contributed by atoms with Crippen molar-refractivity contribution in [3.8, 4) is 0 Å². The molecule has 2 aromatic rings. The molecule has 0 bridgehead atoms. The van der Waals surface area contributed by atoms with E-state index < -0.39 is 0 Å². The second-order valence-electron chi connectivity index (χ2n) is 5.17. The number of pyridine rings is 1. The van der Waals surface area contributed by atoms with E-state index >= 15 is 0 Å². The van der Waals surface area contributed by atoms with E-state index in [-0.39, 0.29) is 17.8 Å². The number of anilines is 2. The van der Waals surface area contributed by atoms with Gasteiger partial charge >= 0.3 is 0 Å². The Kier molecular flexibility index (Phi) is 3.74. The third-order valence-corrected chi connectivity index (χ3v) is 4.18. The number of aromatic nitrogens is 2. The molecular formula is C14H17N5OS. The molecule has 1 fully saturated rings. The minimum absolute atomic E-state index is 0.0195. The number of rotatable bonds is 5. The molecule has 4 N–H and O–H groups in total. The fourth-order valence-corrected chi connectivity index (χ4v) is 2.82. The highest BCUT2D eigenvalue weighted by Gasteiger charge is 2.27. The molecule has 1 aliphatic rings. The summed E-state index contributed by atoms with van der Waals surface area (Å²) in [7, 11) is 0. The highest BCUT2D eigenvalue weighted by atomic mass is 32.1. The second-order valence-corrected chi connectivity index (χ2v) is 5.95. The lowest BCUT2D eigenvalue weighted by molar-refractivity contribution is 0.0953. The highest BCUT2D eigenvalue weighted by molar-refractivity contribution is 7.11. The number of nitrogen functional groups attached to an aromatic ring is 1. The van der Waals surface area contributed by atoms with Crippen LogP contribution in [0.4, 0.5) is 10.8 Å². The van der Waals surface area contributed by atoms with Crippen molar-refractivity contribution in [2.75, 3.05) is 11.1 Å². The molecule has 1 amide bonds. The topological polar surface area (TPSA) is 92.9 Å². The molecule has 7 heteroatoms. The summed E-state index contributed by atoms with van der Waals surface area (Å²) in [6, 6.07) is 4.18. The molecule has 3 rings (SSSR count). The van der Waals surface area contributed by atoms with Crippen molar-refractivity contribution in [2.24, 2.45) is 0 Å². The molecule has 1 atom stereocenters. The third kappa shape index (κ3) is 3.13. The van der Waals surface area contributed by atoms with Crippen molar-refractivity contribution in [2.45, 2.75) is 31.8 Å². The van der Waals surface area contributed by atoms with Crippen molar-refractivity contribution in [1.82, 2.24) is 14.7 Å². The molecule has 0 radical (unpaired) electrons. The van der Waals surface area contributed by atoms with Crippen LogP contribution in [-0.2, 0) is 0 Å². The number of nitrogens with two attached hydrogens (primary N) is 1. The lowest BCUT2D eigenvalue weighted by atomic mass is 10.1. The Bertz CT molecular complexity index is 638. The molecule has 0 saturated heterocycles. The standard InChI is InChI=1S/C14H17N5OS/c1-8(9-3-2-6-16-7-9)17-14-11(12(15)19-21-14)13(20)18-10-4-5-10/h2-3,6-8,10,17H,4-5H2,1H3,(H2,15,19)(H,18,20). The van der Waals surface area contributed by atoms with Gasteiger partial charge in [-0.2, -0.15) is 4.37 Å². The van der Waals surface area contributed by atoms with Gasteiger partial charge in [-0.15, -0.1) is 0 Å². The minimum Gasteiger partial charge on any atom is -0.382 e. The first-order chi connectivity index (χ1) is 10.1. The molecule has 0 aromatic carbocycles. The van der Waals surface area contributed by atoms with E-state index in [1.165, 1.54) is 11.5 Å². The summed E-state index contributed by atoms with van der Waals surface area (Å²) in [5, 5.41) is 6.94. The number of hydrogen-bond acceptors (Lipinski definition) is 6. The third-order valence-electron chi connectivity index (χ3n) is 3.39. The summed E-state index contributed by atoms with van der Waals surface area (Å²) >= 11 is 1.21. The first-order valence-electron chi connectivity index (χ1n) is 6.87. The zero-order valence-electron chi connectivity index (χ0n) is 11.7. The van der Waals surface area contributed by atoms with Gasteiger partial charge in [-0.05, 0) is 42.9 Å². The Morgan fingerprint density at radius 3 is 3.00 bits per heavy atom. The van der Waals surface area contributed by atoms with Gasteiger partial charge in [-0.3, -0.25) is 9.78 Å². The van der Waals surface area contributed by atoms with Crippen molar-refractivity contribution in [3.63, 3.8) is 0 Å². The predicted octanol–water partition coefficient (Wildman–Crippen LogP) is 2.19. The Morgan fingerprint density at radius 2 is 2.33 bits per heavy atom. The zero-order chi connectivity index (χ0) is 14.8. The van der Waals surface area contributed by atoms with E-state index in [1.54, 1.807) is 12.4 Å². The molecule has 0 spiro atoms. The van der Waals surface area contributed by atoms with Crippen LogP contribution in [0.3, 0.4) is 0 Å². The maximum atomic E-state index is 12.2. The van der Waals surface area contributed by atoms with Crippen LogP contribution in [0.2, 0.25) is 0 Å². The van der Waals surface area contributed by atoms with Gasteiger partial charge in [0.15, 0.2) is 5.82 Å².